The molecule has 0 radical (unpaired) electrons. The molecule has 1 rings (SSSR count). The van der Waals surface area contributed by atoms with E-state index in [1.807, 2.05) is 13.0 Å². The summed E-state index contributed by atoms with van der Waals surface area (Å²) in [7, 11) is 0. The van der Waals surface area contributed by atoms with Crippen LogP contribution in [0.2, 0.25) is 0 Å². The molecule has 20 nitrogen and oxygen atoms in total. The van der Waals surface area contributed by atoms with Crippen LogP contribution in [-0.4, -0.2) is 181 Å². The lowest BCUT2D eigenvalue weighted by Gasteiger charge is -2.40. The van der Waals surface area contributed by atoms with Crippen molar-refractivity contribution in [2.75, 3.05) is 33.0 Å². The van der Waals surface area contributed by atoms with E-state index in [-0.39, 0.29) is 45.3 Å². The second kappa shape index (κ2) is 48.7. The molecule has 0 aromatic rings. The number of nitrogens with one attached hydrogen (secondary N) is 1. The molecule has 1 saturated heterocycles. The Kier molecular flexibility index (Phi) is 45.3. The number of allylic oxidation sites excluding steroid dienone is 7. The Balaban J connectivity index is 3.10. The van der Waals surface area contributed by atoms with Gasteiger partial charge in [-0.1, -0.05) is 158 Å². The third-order valence-electron chi connectivity index (χ3n) is 14.1. The number of aliphatic hydroxyl groups excluding tert-OH is 10. The first kappa shape index (κ1) is 75.4. The van der Waals surface area contributed by atoms with Crippen LogP contribution in [0.25, 0.3) is 0 Å². The van der Waals surface area contributed by atoms with Gasteiger partial charge in [0.2, 0.25) is 0 Å². The summed E-state index contributed by atoms with van der Waals surface area (Å²) in [5, 5.41) is 108. The molecule has 1 aliphatic rings. The molecule has 12 atom stereocenters. The highest BCUT2D eigenvalue weighted by molar-refractivity contribution is 5.82. The zero-order valence-corrected chi connectivity index (χ0v) is 49.2. The molecule has 1 heterocycles. The number of aliphatic hydroxyl groups is 10. The van der Waals surface area contributed by atoms with Crippen molar-refractivity contribution in [2.24, 2.45) is 0 Å². The molecule has 1 aliphatic heterocycles. The molecule has 1 fully saturated rings. The summed E-state index contributed by atoms with van der Waals surface area (Å²) in [6, 6.07) is -1.62. The molecule has 0 aromatic carbocycles. The Morgan fingerprint density at radius 2 is 1.15 bits per heavy atom. The standard InChI is InChI=1S/C61H107NO19/c1-4-6-8-10-12-13-14-15-16-17-18-19-20-21-22-24-26-31-37-49(80-60(76)48(66)44-78-52(68)39-33-41-77-51(67)38-32-40-63)54(70)57(73)59(75)62-46(43-79-61-58(74)56(72)55(71)50(42-64)81-61)53(69)47(65)36-30-27-29-35-45(3)34-28-25-23-11-9-7-5-2/h16-17,28,30,34-36,46-50,53-58,61,63-66,69-74H,4-15,18-27,29,31-33,37-44H2,1-3H3,(H,62,75)/t46-,47+,48-,49+,50-,53+,54+,55+,56+,57-,58-,61-/m1/s1. The minimum Gasteiger partial charge on any atom is -0.466 e. The molecule has 0 aromatic heterocycles. The van der Waals surface area contributed by atoms with Crippen molar-refractivity contribution >= 4 is 23.8 Å². The van der Waals surface area contributed by atoms with Crippen molar-refractivity contribution in [2.45, 2.75) is 280 Å². The van der Waals surface area contributed by atoms with Crippen molar-refractivity contribution in [3.8, 4) is 0 Å². The lowest BCUT2D eigenvalue weighted by molar-refractivity contribution is -0.303. The van der Waals surface area contributed by atoms with Crippen LogP contribution in [-0.2, 0) is 42.9 Å². The molecule has 81 heavy (non-hydrogen) atoms. The van der Waals surface area contributed by atoms with E-state index >= 15 is 0 Å². The van der Waals surface area contributed by atoms with Crippen LogP contribution in [0.5, 0.6) is 0 Å². The Morgan fingerprint density at radius 1 is 0.593 bits per heavy atom. The van der Waals surface area contributed by atoms with E-state index in [9.17, 15) is 65.1 Å². The molecule has 0 saturated carbocycles. The Labute approximate surface area is 483 Å². The fraction of sp³-hybridized carbons (Fsp3) is 0.803. The van der Waals surface area contributed by atoms with E-state index in [1.165, 1.54) is 76.7 Å². The SMILES string of the molecule is CCCCCCCC=CC(C)=CCCC=C[C@H](O)[C@@H](O)[C@@H](CO[C@@H]1O[C@H](CO)[C@H](O)[C@H](O)[C@H]1O)NC(=O)[C@H](O)[C@@H](O)[C@H](CCCCCCCCCC=CCCCCCCCCC)OC(=O)[C@H](O)COC(=O)CCCOC(=O)CCCO. The van der Waals surface area contributed by atoms with Crippen molar-refractivity contribution in [3.05, 3.63) is 48.1 Å². The number of carbonyl (C=O) groups is 4. The van der Waals surface area contributed by atoms with Gasteiger partial charge in [-0.05, 0) is 84.0 Å². The van der Waals surface area contributed by atoms with E-state index in [1.54, 1.807) is 6.08 Å². The highest BCUT2D eigenvalue weighted by Crippen LogP contribution is 2.23. The Bertz CT molecular complexity index is 1740. The van der Waals surface area contributed by atoms with Crippen LogP contribution in [0.1, 0.15) is 207 Å². The van der Waals surface area contributed by atoms with Gasteiger partial charge in [0.05, 0.1) is 25.9 Å². The minimum atomic E-state index is -2.36. The molecule has 11 N–H and O–H groups in total. The van der Waals surface area contributed by atoms with Crippen LogP contribution in [0.3, 0.4) is 0 Å². The lowest BCUT2D eigenvalue weighted by Crippen LogP contribution is -2.61. The van der Waals surface area contributed by atoms with Gasteiger partial charge in [0.1, 0.15) is 55.4 Å². The van der Waals surface area contributed by atoms with E-state index in [4.69, 9.17) is 28.8 Å². The summed E-state index contributed by atoms with van der Waals surface area (Å²) in [4.78, 5) is 51.0. The molecule has 0 aliphatic carbocycles. The highest BCUT2D eigenvalue weighted by Gasteiger charge is 2.45. The number of rotatable bonds is 50. The second-order valence-electron chi connectivity index (χ2n) is 21.4. The average molecular weight is 1160 g/mol. The quantitative estimate of drug-likeness (QED) is 0.0109. The summed E-state index contributed by atoms with van der Waals surface area (Å²) in [5.74, 6) is -4.03. The summed E-state index contributed by atoms with van der Waals surface area (Å²) < 4.78 is 26.5. The Morgan fingerprint density at radius 3 is 1.74 bits per heavy atom. The third-order valence-corrected chi connectivity index (χ3v) is 14.1. The predicted molar refractivity (Wildman–Crippen MR) is 307 cm³/mol. The topological polar surface area (TPSA) is 329 Å². The highest BCUT2D eigenvalue weighted by atomic mass is 16.7. The monoisotopic (exact) mass is 1160 g/mol. The average Bonchev–Trinajstić information content (AvgIpc) is 3.46. The molecule has 0 unspecified atom stereocenters. The summed E-state index contributed by atoms with van der Waals surface area (Å²) in [6.07, 6.45) is 18.5. The van der Waals surface area contributed by atoms with Crippen molar-refractivity contribution < 1.29 is 93.9 Å². The summed E-state index contributed by atoms with van der Waals surface area (Å²) in [6.45, 7) is 3.73. The first-order chi connectivity index (χ1) is 39.0. The molecule has 0 spiro atoms. The van der Waals surface area contributed by atoms with E-state index in [0.29, 0.717) is 25.7 Å². The Hall–Kier alpha value is -3.64. The van der Waals surface area contributed by atoms with Gasteiger partial charge < -0.3 is 80.1 Å². The molecular formula is C61H107NO19. The zero-order chi connectivity index (χ0) is 60.0. The van der Waals surface area contributed by atoms with Gasteiger partial charge in [-0.3, -0.25) is 14.4 Å². The summed E-state index contributed by atoms with van der Waals surface area (Å²) in [5.41, 5.74) is 1.07. The first-order valence-corrected chi connectivity index (χ1v) is 30.4. The van der Waals surface area contributed by atoms with Gasteiger partial charge in [-0.2, -0.15) is 0 Å². The number of hydrogen-bond donors (Lipinski definition) is 11. The lowest BCUT2D eigenvalue weighted by atomic mass is 9.98. The maximum absolute atomic E-state index is 13.8. The zero-order valence-electron chi connectivity index (χ0n) is 49.2. The summed E-state index contributed by atoms with van der Waals surface area (Å²) >= 11 is 0. The van der Waals surface area contributed by atoms with Crippen LogP contribution >= 0.6 is 0 Å². The maximum atomic E-state index is 13.8. The van der Waals surface area contributed by atoms with Crippen molar-refractivity contribution in [1.82, 2.24) is 5.32 Å². The van der Waals surface area contributed by atoms with Crippen LogP contribution in [0.4, 0.5) is 0 Å². The minimum absolute atomic E-state index is 0.00986. The largest absolute Gasteiger partial charge is 0.466 e. The molecule has 0 bridgehead atoms. The van der Waals surface area contributed by atoms with Crippen LogP contribution < -0.4 is 5.32 Å². The molecule has 20 heteroatoms. The molecule has 1 amide bonds. The predicted octanol–water partition coefficient (Wildman–Crippen LogP) is 6.05. The fourth-order valence-electron chi connectivity index (χ4n) is 8.94. The normalized spacial score (nSPS) is 20.5. The smallest absolute Gasteiger partial charge is 0.338 e. The number of ether oxygens (including phenoxy) is 5. The molecular weight excluding hydrogens is 1050 g/mol. The van der Waals surface area contributed by atoms with Gasteiger partial charge in [-0.25, -0.2) is 4.79 Å². The van der Waals surface area contributed by atoms with Gasteiger partial charge in [0.25, 0.3) is 5.91 Å². The van der Waals surface area contributed by atoms with Crippen molar-refractivity contribution in [3.63, 3.8) is 0 Å². The second-order valence-corrected chi connectivity index (χ2v) is 21.4. The first-order valence-electron chi connectivity index (χ1n) is 30.4. The van der Waals surface area contributed by atoms with Gasteiger partial charge >= 0.3 is 17.9 Å². The van der Waals surface area contributed by atoms with Gasteiger partial charge in [0.15, 0.2) is 18.5 Å². The van der Waals surface area contributed by atoms with E-state index in [0.717, 1.165) is 63.4 Å². The number of carbonyl (C=O) groups excluding carboxylic acids is 4. The number of esters is 3. The third kappa shape index (κ3) is 36.0. The number of unbranched alkanes of at least 4 members (excludes halogenated alkanes) is 20. The van der Waals surface area contributed by atoms with Crippen LogP contribution in [0.15, 0.2) is 48.1 Å². The van der Waals surface area contributed by atoms with E-state index < -0.39 is 117 Å². The fourth-order valence-corrected chi connectivity index (χ4v) is 8.94. The number of amides is 1. The van der Waals surface area contributed by atoms with Gasteiger partial charge in [-0.15, -0.1) is 0 Å². The van der Waals surface area contributed by atoms with Gasteiger partial charge in [0, 0.05) is 19.4 Å². The maximum Gasteiger partial charge on any atom is 0.338 e. The van der Waals surface area contributed by atoms with Crippen molar-refractivity contribution in [1.29, 1.82) is 0 Å². The van der Waals surface area contributed by atoms with E-state index in [2.05, 4.69) is 43.5 Å². The van der Waals surface area contributed by atoms with Crippen LogP contribution in [0, 0.1) is 0 Å². The number of hydrogen-bond acceptors (Lipinski definition) is 19. The molecule has 470 valence electrons.